The fourth-order valence-electron chi connectivity index (χ4n) is 1.79. The van der Waals surface area contributed by atoms with Crippen LogP contribution in [0.25, 0.3) is 0 Å². The van der Waals surface area contributed by atoms with E-state index in [1.165, 1.54) is 11.3 Å². The molecular formula is C18H22N2O3. The van der Waals surface area contributed by atoms with Crippen LogP contribution in [0, 0.1) is 6.92 Å². The lowest BCUT2D eigenvalue weighted by Gasteiger charge is -2.02. The zero-order valence-corrected chi connectivity index (χ0v) is 13.6. The Morgan fingerprint density at radius 1 is 1.13 bits per heavy atom. The summed E-state index contributed by atoms with van der Waals surface area (Å²) in [5.41, 5.74) is 3.59. The molecule has 1 amide bonds. The van der Waals surface area contributed by atoms with Crippen LogP contribution >= 0.6 is 0 Å². The average molecular weight is 314 g/mol. The van der Waals surface area contributed by atoms with Gasteiger partial charge in [-0.15, -0.1) is 0 Å². The fourth-order valence-corrected chi connectivity index (χ4v) is 1.79. The number of anilines is 2. The molecule has 2 aromatic carbocycles. The second kappa shape index (κ2) is 10.00. The highest BCUT2D eigenvalue weighted by Crippen LogP contribution is 2.09. The predicted octanol–water partition coefficient (Wildman–Crippen LogP) is 3.47. The number of nitrogens with one attached hydrogen (secondary N) is 2. The summed E-state index contributed by atoms with van der Waals surface area (Å²) in [5.74, 6) is -0.356. The molecule has 0 radical (unpaired) electrons. The molecule has 0 heterocycles. The van der Waals surface area contributed by atoms with E-state index < -0.39 is 0 Å². The number of hydrogen-bond acceptors (Lipinski definition) is 4. The van der Waals surface area contributed by atoms with Crippen molar-refractivity contribution in [3.05, 3.63) is 59.7 Å². The topological polar surface area (TPSA) is 67.4 Å². The minimum Gasteiger partial charge on any atom is -0.462 e. The van der Waals surface area contributed by atoms with E-state index in [4.69, 9.17) is 4.74 Å². The largest absolute Gasteiger partial charge is 0.462 e. The SMILES string of the molecule is CCOC(=O)c1ccc(NC=O)cc1.CNc1cccc(C)c1. The first-order chi connectivity index (χ1) is 11.1. The van der Waals surface area contributed by atoms with Crippen LogP contribution in [0.5, 0.6) is 0 Å². The lowest BCUT2D eigenvalue weighted by atomic mass is 10.2. The lowest BCUT2D eigenvalue weighted by molar-refractivity contribution is -0.105. The van der Waals surface area contributed by atoms with Gasteiger partial charge in [0.2, 0.25) is 6.41 Å². The molecule has 2 rings (SSSR count). The molecule has 0 aliphatic heterocycles. The Bertz CT molecular complexity index is 624. The van der Waals surface area contributed by atoms with E-state index in [2.05, 4.69) is 29.7 Å². The van der Waals surface area contributed by atoms with E-state index >= 15 is 0 Å². The zero-order chi connectivity index (χ0) is 17.1. The monoisotopic (exact) mass is 314 g/mol. The zero-order valence-electron chi connectivity index (χ0n) is 13.6. The molecule has 0 aromatic heterocycles. The molecule has 2 aromatic rings. The van der Waals surface area contributed by atoms with Crippen molar-refractivity contribution in [1.82, 2.24) is 0 Å². The number of rotatable bonds is 5. The summed E-state index contributed by atoms with van der Waals surface area (Å²) in [6, 6.07) is 14.8. The maximum Gasteiger partial charge on any atom is 0.338 e. The maximum absolute atomic E-state index is 11.2. The summed E-state index contributed by atoms with van der Waals surface area (Å²) in [7, 11) is 1.93. The molecule has 122 valence electrons. The lowest BCUT2D eigenvalue weighted by Crippen LogP contribution is -2.04. The van der Waals surface area contributed by atoms with Crippen LogP contribution in [-0.4, -0.2) is 26.0 Å². The Hall–Kier alpha value is -2.82. The molecule has 0 saturated carbocycles. The van der Waals surface area contributed by atoms with Gasteiger partial charge >= 0.3 is 5.97 Å². The number of esters is 1. The Labute approximate surface area is 136 Å². The van der Waals surface area contributed by atoms with Crippen LogP contribution in [0.4, 0.5) is 11.4 Å². The van der Waals surface area contributed by atoms with Crippen LogP contribution in [0.15, 0.2) is 48.5 Å². The van der Waals surface area contributed by atoms with Gasteiger partial charge in [0.1, 0.15) is 0 Å². The van der Waals surface area contributed by atoms with Crippen LogP contribution in [0.1, 0.15) is 22.8 Å². The number of aryl methyl sites for hydroxylation is 1. The van der Waals surface area contributed by atoms with Crippen LogP contribution < -0.4 is 10.6 Å². The molecule has 0 atom stereocenters. The van der Waals surface area contributed by atoms with E-state index in [1.54, 1.807) is 31.2 Å². The molecule has 5 heteroatoms. The highest BCUT2D eigenvalue weighted by Gasteiger charge is 2.04. The first-order valence-electron chi connectivity index (χ1n) is 7.32. The standard InChI is InChI=1S/C10H11NO3.C8H11N/c1-2-14-10(13)8-3-5-9(6-4-8)11-7-12;1-7-4-3-5-8(6-7)9-2/h3-7H,2H2,1H3,(H,11,12);3-6,9H,1-2H3. The summed E-state index contributed by atoms with van der Waals surface area (Å²) < 4.78 is 4.80. The summed E-state index contributed by atoms with van der Waals surface area (Å²) >= 11 is 0. The van der Waals surface area contributed by atoms with E-state index in [9.17, 15) is 9.59 Å². The number of ether oxygens (including phenoxy) is 1. The molecule has 5 nitrogen and oxygen atoms in total. The first kappa shape index (κ1) is 18.2. The molecule has 0 unspecified atom stereocenters. The Kier molecular flexibility index (Phi) is 7.92. The quantitative estimate of drug-likeness (QED) is 0.655. The van der Waals surface area contributed by atoms with Gasteiger partial charge in [0.25, 0.3) is 0 Å². The van der Waals surface area contributed by atoms with Gasteiger partial charge < -0.3 is 15.4 Å². The molecule has 0 spiro atoms. The smallest absolute Gasteiger partial charge is 0.338 e. The molecule has 23 heavy (non-hydrogen) atoms. The van der Waals surface area contributed by atoms with Gasteiger partial charge in [0.05, 0.1) is 12.2 Å². The predicted molar refractivity (Wildman–Crippen MR) is 92.8 cm³/mol. The minimum atomic E-state index is -0.356. The number of carbonyl (C=O) groups is 2. The second-order valence-electron chi connectivity index (χ2n) is 4.68. The van der Waals surface area contributed by atoms with E-state index in [1.807, 2.05) is 19.2 Å². The summed E-state index contributed by atoms with van der Waals surface area (Å²) in [5, 5.41) is 5.54. The summed E-state index contributed by atoms with van der Waals surface area (Å²) in [6.45, 7) is 4.19. The van der Waals surface area contributed by atoms with Crippen LogP contribution in [-0.2, 0) is 9.53 Å². The van der Waals surface area contributed by atoms with Gasteiger partial charge in [-0.25, -0.2) is 4.79 Å². The number of amides is 1. The number of benzene rings is 2. The minimum absolute atomic E-state index is 0.354. The van der Waals surface area contributed by atoms with Gasteiger partial charge in [-0.1, -0.05) is 12.1 Å². The van der Waals surface area contributed by atoms with Crippen molar-refractivity contribution in [3.63, 3.8) is 0 Å². The van der Waals surface area contributed by atoms with E-state index in [0.29, 0.717) is 24.3 Å². The van der Waals surface area contributed by atoms with Crippen molar-refractivity contribution < 1.29 is 14.3 Å². The van der Waals surface area contributed by atoms with Gasteiger partial charge in [-0.3, -0.25) is 4.79 Å². The molecule has 0 fully saturated rings. The molecule has 0 aliphatic carbocycles. The van der Waals surface area contributed by atoms with Crippen molar-refractivity contribution in [2.24, 2.45) is 0 Å². The fraction of sp³-hybridized carbons (Fsp3) is 0.222. The number of carbonyl (C=O) groups excluding carboxylic acids is 2. The Balaban J connectivity index is 0.000000253. The van der Waals surface area contributed by atoms with Crippen molar-refractivity contribution in [1.29, 1.82) is 0 Å². The van der Waals surface area contributed by atoms with Crippen LogP contribution in [0.3, 0.4) is 0 Å². The van der Waals surface area contributed by atoms with E-state index in [0.717, 1.165) is 0 Å². The van der Waals surface area contributed by atoms with Gasteiger partial charge in [0, 0.05) is 18.4 Å². The Morgan fingerprint density at radius 2 is 1.83 bits per heavy atom. The maximum atomic E-state index is 11.2. The molecular weight excluding hydrogens is 292 g/mol. The van der Waals surface area contributed by atoms with Crippen LogP contribution in [0.2, 0.25) is 0 Å². The van der Waals surface area contributed by atoms with Gasteiger partial charge in [0.15, 0.2) is 0 Å². The highest BCUT2D eigenvalue weighted by molar-refractivity contribution is 5.90. The number of hydrogen-bond donors (Lipinski definition) is 2. The van der Waals surface area contributed by atoms with Crippen molar-refractivity contribution in [3.8, 4) is 0 Å². The molecule has 0 saturated heterocycles. The highest BCUT2D eigenvalue weighted by atomic mass is 16.5. The first-order valence-corrected chi connectivity index (χ1v) is 7.32. The normalized spacial score (nSPS) is 9.17. The third-order valence-electron chi connectivity index (χ3n) is 2.93. The second-order valence-corrected chi connectivity index (χ2v) is 4.68. The Morgan fingerprint density at radius 3 is 2.30 bits per heavy atom. The van der Waals surface area contributed by atoms with E-state index in [-0.39, 0.29) is 5.97 Å². The molecule has 2 N–H and O–H groups in total. The molecule has 0 aliphatic rings. The van der Waals surface area contributed by atoms with Crippen molar-refractivity contribution in [2.45, 2.75) is 13.8 Å². The molecule has 0 bridgehead atoms. The third kappa shape index (κ3) is 6.65. The summed E-state index contributed by atoms with van der Waals surface area (Å²) in [6.07, 6.45) is 0.583. The third-order valence-corrected chi connectivity index (χ3v) is 2.93. The van der Waals surface area contributed by atoms with Crippen molar-refractivity contribution in [2.75, 3.05) is 24.3 Å². The average Bonchev–Trinajstić information content (AvgIpc) is 2.56. The van der Waals surface area contributed by atoms with Gasteiger partial charge in [-0.05, 0) is 55.8 Å². The van der Waals surface area contributed by atoms with Crippen molar-refractivity contribution >= 4 is 23.8 Å². The summed E-state index contributed by atoms with van der Waals surface area (Å²) in [4.78, 5) is 21.3. The van der Waals surface area contributed by atoms with Gasteiger partial charge in [-0.2, -0.15) is 0 Å².